The molecule has 1 atom stereocenters. The third-order valence-electron chi connectivity index (χ3n) is 2.66. The van der Waals surface area contributed by atoms with E-state index in [4.69, 9.17) is 4.74 Å². The van der Waals surface area contributed by atoms with E-state index in [-0.39, 0.29) is 0 Å². The fourth-order valence-electron chi connectivity index (χ4n) is 1.77. The lowest BCUT2D eigenvalue weighted by Crippen LogP contribution is -2.25. The minimum Gasteiger partial charge on any atom is -0.377 e. The van der Waals surface area contributed by atoms with Gasteiger partial charge in [-0.05, 0) is 19.4 Å². The normalized spacial score (nSPS) is 19.1. The number of rotatable bonds is 5. The van der Waals surface area contributed by atoms with E-state index in [2.05, 4.69) is 34.6 Å². The van der Waals surface area contributed by atoms with Crippen molar-refractivity contribution in [2.45, 2.75) is 25.2 Å². The lowest BCUT2D eigenvalue weighted by Gasteiger charge is -2.10. The summed E-state index contributed by atoms with van der Waals surface area (Å²) in [5, 5.41) is 4.82. The number of aliphatic imine (C=N–C) groups is 1. The standard InChI is InChI=1S/C14H20N2OS/c1-11(2)17-9-8-15-14-16-10-13(18-14)12-6-4-3-5-7-12/h3-7,11,13H,8-10H2,1-2H3,(H,15,16). The van der Waals surface area contributed by atoms with Crippen LogP contribution in [0.2, 0.25) is 0 Å². The molecule has 4 heteroatoms. The van der Waals surface area contributed by atoms with Crippen molar-refractivity contribution >= 4 is 16.9 Å². The molecule has 1 unspecified atom stereocenters. The zero-order chi connectivity index (χ0) is 12.8. The van der Waals surface area contributed by atoms with Crippen LogP contribution in [0, 0.1) is 0 Å². The topological polar surface area (TPSA) is 33.6 Å². The summed E-state index contributed by atoms with van der Waals surface area (Å²) < 4.78 is 5.49. The SMILES string of the molecule is CC(C)OCCNC1=NCC(c2ccccc2)S1. The lowest BCUT2D eigenvalue weighted by molar-refractivity contribution is 0.0831. The first-order valence-electron chi connectivity index (χ1n) is 6.37. The fraction of sp³-hybridized carbons (Fsp3) is 0.500. The summed E-state index contributed by atoms with van der Waals surface area (Å²) in [5.41, 5.74) is 1.35. The van der Waals surface area contributed by atoms with Gasteiger partial charge in [0.05, 0.1) is 24.5 Å². The Balaban J connectivity index is 1.71. The summed E-state index contributed by atoms with van der Waals surface area (Å²) in [5.74, 6) is 0. The van der Waals surface area contributed by atoms with Crippen LogP contribution < -0.4 is 5.32 Å². The van der Waals surface area contributed by atoms with Gasteiger partial charge in [-0.15, -0.1) is 0 Å². The molecule has 1 aromatic carbocycles. The zero-order valence-electron chi connectivity index (χ0n) is 10.9. The van der Waals surface area contributed by atoms with E-state index < -0.39 is 0 Å². The number of amidine groups is 1. The summed E-state index contributed by atoms with van der Waals surface area (Å²) in [6.07, 6.45) is 0.294. The molecule has 0 aliphatic carbocycles. The van der Waals surface area contributed by atoms with Crippen molar-refractivity contribution in [3.05, 3.63) is 35.9 Å². The highest BCUT2D eigenvalue weighted by Gasteiger charge is 2.20. The van der Waals surface area contributed by atoms with Gasteiger partial charge in [0, 0.05) is 6.54 Å². The van der Waals surface area contributed by atoms with Gasteiger partial charge in [0.15, 0.2) is 5.17 Å². The molecule has 0 saturated carbocycles. The predicted octanol–water partition coefficient (Wildman–Crippen LogP) is 2.85. The van der Waals surface area contributed by atoms with Crippen molar-refractivity contribution in [2.24, 2.45) is 4.99 Å². The zero-order valence-corrected chi connectivity index (χ0v) is 11.7. The molecular formula is C14H20N2OS. The van der Waals surface area contributed by atoms with E-state index in [1.54, 1.807) is 11.8 Å². The van der Waals surface area contributed by atoms with Crippen molar-refractivity contribution in [1.29, 1.82) is 0 Å². The quantitative estimate of drug-likeness (QED) is 0.830. The van der Waals surface area contributed by atoms with E-state index in [9.17, 15) is 0 Å². The number of benzene rings is 1. The summed E-state index contributed by atoms with van der Waals surface area (Å²) in [6.45, 7) is 6.52. The van der Waals surface area contributed by atoms with Crippen LogP contribution in [0.4, 0.5) is 0 Å². The molecule has 0 aromatic heterocycles. The highest BCUT2D eigenvalue weighted by Crippen LogP contribution is 2.33. The van der Waals surface area contributed by atoms with Gasteiger partial charge in [0.1, 0.15) is 0 Å². The van der Waals surface area contributed by atoms with E-state index in [0.717, 1.165) is 24.9 Å². The second-order valence-corrected chi connectivity index (χ2v) is 5.70. The van der Waals surface area contributed by atoms with Gasteiger partial charge >= 0.3 is 0 Å². The smallest absolute Gasteiger partial charge is 0.157 e. The Morgan fingerprint density at radius 1 is 1.39 bits per heavy atom. The first-order chi connectivity index (χ1) is 8.75. The highest BCUT2D eigenvalue weighted by atomic mass is 32.2. The van der Waals surface area contributed by atoms with Gasteiger partial charge in [0.2, 0.25) is 0 Å². The molecule has 0 amide bonds. The van der Waals surface area contributed by atoms with Gasteiger partial charge in [-0.3, -0.25) is 4.99 Å². The number of hydrogen-bond acceptors (Lipinski definition) is 4. The van der Waals surface area contributed by atoms with Crippen molar-refractivity contribution in [3.8, 4) is 0 Å². The average Bonchev–Trinajstić information content (AvgIpc) is 2.84. The minimum atomic E-state index is 0.294. The second-order valence-electron chi connectivity index (χ2n) is 4.51. The maximum absolute atomic E-state index is 5.49. The first-order valence-corrected chi connectivity index (χ1v) is 7.25. The van der Waals surface area contributed by atoms with Crippen LogP contribution in [0.15, 0.2) is 35.3 Å². The van der Waals surface area contributed by atoms with Crippen molar-refractivity contribution in [3.63, 3.8) is 0 Å². The Hall–Kier alpha value is -1.00. The van der Waals surface area contributed by atoms with Gasteiger partial charge in [-0.2, -0.15) is 0 Å². The fourth-order valence-corrected chi connectivity index (χ4v) is 2.81. The molecule has 0 radical (unpaired) electrons. The Bertz CT molecular complexity index is 392. The van der Waals surface area contributed by atoms with Crippen LogP contribution >= 0.6 is 11.8 Å². The molecule has 1 heterocycles. The highest BCUT2D eigenvalue weighted by molar-refractivity contribution is 8.14. The van der Waals surface area contributed by atoms with Crippen LogP contribution in [0.5, 0.6) is 0 Å². The van der Waals surface area contributed by atoms with Crippen LogP contribution in [-0.4, -0.2) is 31.0 Å². The Kier molecular flexibility index (Phi) is 5.08. The number of nitrogens with one attached hydrogen (secondary N) is 1. The van der Waals surface area contributed by atoms with Crippen molar-refractivity contribution in [2.75, 3.05) is 19.7 Å². The van der Waals surface area contributed by atoms with Crippen LogP contribution in [-0.2, 0) is 4.74 Å². The van der Waals surface area contributed by atoms with E-state index in [1.165, 1.54) is 5.56 Å². The molecule has 0 fully saturated rings. The Labute approximate surface area is 113 Å². The van der Waals surface area contributed by atoms with Crippen molar-refractivity contribution < 1.29 is 4.74 Å². The second kappa shape index (κ2) is 6.81. The number of ether oxygens (including phenoxy) is 1. The van der Waals surface area contributed by atoms with E-state index in [0.29, 0.717) is 11.4 Å². The molecule has 0 saturated heterocycles. The van der Waals surface area contributed by atoms with Crippen LogP contribution in [0.3, 0.4) is 0 Å². The molecule has 1 N–H and O–H groups in total. The molecule has 98 valence electrons. The van der Waals surface area contributed by atoms with E-state index >= 15 is 0 Å². The maximum Gasteiger partial charge on any atom is 0.157 e. The van der Waals surface area contributed by atoms with E-state index in [1.807, 2.05) is 19.9 Å². The Morgan fingerprint density at radius 2 is 2.17 bits per heavy atom. The lowest BCUT2D eigenvalue weighted by atomic mass is 10.1. The Morgan fingerprint density at radius 3 is 2.89 bits per heavy atom. The van der Waals surface area contributed by atoms with Gasteiger partial charge < -0.3 is 10.1 Å². The van der Waals surface area contributed by atoms with Crippen molar-refractivity contribution in [1.82, 2.24) is 5.32 Å². The molecule has 1 aliphatic heterocycles. The van der Waals surface area contributed by atoms with Crippen LogP contribution in [0.1, 0.15) is 24.7 Å². The third-order valence-corrected chi connectivity index (χ3v) is 3.86. The first kappa shape index (κ1) is 13.4. The summed E-state index contributed by atoms with van der Waals surface area (Å²) in [6, 6.07) is 10.5. The summed E-state index contributed by atoms with van der Waals surface area (Å²) in [7, 11) is 0. The number of nitrogens with zero attached hydrogens (tertiary/aromatic N) is 1. The summed E-state index contributed by atoms with van der Waals surface area (Å²) in [4.78, 5) is 4.52. The molecule has 3 nitrogen and oxygen atoms in total. The molecular weight excluding hydrogens is 244 g/mol. The molecule has 1 aromatic rings. The number of thioether (sulfide) groups is 1. The average molecular weight is 264 g/mol. The maximum atomic E-state index is 5.49. The third kappa shape index (κ3) is 4.03. The molecule has 2 rings (SSSR count). The minimum absolute atomic E-state index is 0.294. The molecule has 0 spiro atoms. The monoisotopic (exact) mass is 264 g/mol. The summed E-state index contributed by atoms with van der Waals surface area (Å²) >= 11 is 1.81. The largest absolute Gasteiger partial charge is 0.377 e. The molecule has 18 heavy (non-hydrogen) atoms. The van der Waals surface area contributed by atoms with Gasteiger partial charge in [-0.1, -0.05) is 42.1 Å². The number of hydrogen-bond donors (Lipinski definition) is 1. The molecule has 0 bridgehead atoms. The molecule has 1 aliphatic rings. The van der Waals surface area contributed by atoms with Crippen LogP contribution in [0.25, 0.3) is 0 Å². The predicted molar refractivity (Wildman–Crippen MR) is 78.2 cm³/mol. The van der Waals surface area contributed by atoms with Gasteiger partial charge in [0.25, 0.3) is 0 Å². The van der Waals surface area contributed by atoms with Gasteiger partial charge in [-0.25, -0.2) is 0 Å².